The molecule has 2 N–H and O–H groups in total. The molecule has 0 saturated carbocycles. The van der Waals surface area contributed by atoms with Crippen molar-refractivity contribution in [3.63, 3.8) is 0 Å². The van der Waals surface area contributed by atoms with Crippen LogP contribution in [0.2, 0.25) is 5.02 Å². The standard InChI is InChI=1S/C24H25ClN6OS/c25-20-8-4-3-5-17(20)14-26-24(33)29-23-27-21(30-9-11-32-12-10-30)13-22(28-23)31-15-18-6-1-2-7-19(18)16-31/h1-8,13H,9-12,14-16H2,(H2,26,27,28,29,33). The van der Waals surface area contributed by atoms with Gasteiger partial charge in [0.15, 0.2) is 5.11 Å². The van der Waals surface area contributed by atoms with E-state index in [-0.39, 0.29) is 0 Å². The van der Waals surface area contributed by atoms with Crippen LogP contribution in [0, 0.1) is 0 Å². The molecular weight excluding hydrogens is 456 g/mol. The lowest BCUT2D eigenvalue weighted by Crippen LogP contribution is -2.37. The average molecular weight is 481 g/mol. The molecule has 170 valence electrons. The van der Waals surface area contributed by atoms with Crippen LogP contribution in [0.4, 0.5) is 17.6 Å². The van der Waals surface area contributed by atoms with Gasteiger partial charge in [-0.05, 0) is 35.0 Å². The third-order valence-electron chi connectivity index (χ3n) is 5.82. The van der Waals surface area contributed by atoms with E-state index in [1.54, 1.807) is 0 Å². The van der Waals surface area contributed by atoms with Crippen LogP contribution in [0.15, 0.2) is 54.6 Å². The van der Waals surface area contributed by atoms with Crippen LogP contribution in [0.25, 0.3) is 0 Å². The first-order valence-electron chi connectivity index (χ1n) is 11.0. The molecule has 0 radical (unpaired) electrons. The monoisotopic (exact) mass is 480 g/mol. The predicted octanol–water partition coefficient (Wildman–Crippen LogP) is 3.97. The van der Waals surface area contributed by atoms with Crippen molar-refractivity contribution in [2.45, 2.75) is 19.6 Å². The van der Waals surface area contributed by atoms with Crippen molar-refractivity contribution in [2.24, 2.45) is 0 Å². The van der Waals surface area contributed by atoms with Crippen molar-refractivity contribution in [1.82, 2.24) is 15.3 Å². The second-order valence-electron chi connectivity index (χ2n) is 8.03. The molecule has 33 heavy (non-hydrogen) atoms. The number of nitrogens with one attached hydrogen (secondary N) is 2. The van der Waals surface area contributed by atoms with E-state index >= 15 is 0 Å². The number of hydrogen-bond acceptors (Lipinski definition) is 6. The summed E-state index contributed by atoms with van der Waals surface area (Å²) in [7, 11) is 0. The number of hydrogen-bond donors (Lipinski definition) is 2. The van der Waals surface area contributed by atoms with E-state index in [2.05, 4.69) is 50.8 Å². The molecule has 0 aliphatic carbocycles. The van der Waals surface area contributed by atoms with Crippen LogP contribution < -0.4 is 20.4 Å². The van der Waals surface area contributed by atoms with Crippen LogP contribution in [0.5, 0.6) is 0 Å². The Kier molecular flexibility index (Phi) is 6.57. The molecule has 0 bridgehead atoms. The molecule has 9 heteroatoms. The number of morpholine rings is 1. The Morgan fingerprint density at radius 1 is 0.939 bits per heavy atom. The number of ether oxygens (including phenoxy) is 1. The van der Waals surface area contributed by atoms with E-state index in [0.717, 1.165) is 43.4 Å². The van der Waals surface area contributed by atoms with Crippen LogP contribution >= 0.6 is 23.8 Å². The van der Waals surface area contributed by atoms with Crippen molar-refractivity contribution in [2.75, 3.05) is 41.4 Å². The quantitative estimate of drug-likeness (QED) is 0.532. The molecule has 1 saturated heterocycles. The highest BCUT2D eigenvalue weighted by atomic mass is 35.5. The first-order valence-corrected chi connectivity index (χ1v) is 11.8. The molecule has 7 nitrogen and oxygen atoms in total. The fraction of sp³-hybridized carbons (Fsp3) is 0.292. The summed E-state index contributed by atoms with van der Waals surface area (Å²) in [6.45, 7) is 5.14. The summed E-state index contributed by atoms with van der Waals surface area (Å²) in [4.78, 5) is 14.0. The highest BCUT2D eigenvalue weighted by Crippen LogP contribution is 2.30. The second-order valence-corrected chi connectivity index (χ2v) is 8.85. The molecule has 0 unspecified atom stereocenters. The van der Waals surface area contributed by atoms with Crippen molar-refractivity contribution >= 4 is 46.5 Å². The van der Waals surface area contributed by atoms with Gasteiger partial charge < -0.3 is 25.2 Å². The van der Waals surface area contributed by atoms with E-state index in [9.17, 15) is 0 Å². The molecule has 1 fully saturated rings. The predicted molar refractivity (Wildman–Crippen MR) is 136 cm³/mol. The van der Waals surface area contributed by atoms with Crippen LogP contribution in [-0.2, 0) is 24.4 Å². The third-order valence-corrected chi connectivity index (χ3v) is 6.44. The molecule has 0 spiro atoms. The first-order chi connectivity index (χ1) is 16.2. The van der Waals surface area contributed by atoms with Crippen molar-refractivity contribution in [3.05, 3.63) is 76.3 Å². The van der Waals surface area contributed by atoms with E-state index in [1.165, 1.54) is 11.1 Å². The minimum Gasteiger partial charge on any atom is -0.378 e. The fourth-order valence-corrected chi connectivity index (χ4v) is 4.42. The summed E-state index contributed by atoms with van der Waals surface area (Å²) < 4.78 is 5.52. The Morgan fingerprint density at radius 3 is 2.27 bits per heavy atom. The average Bonchev–Trinajstić information content (AvgIpc) is 3.28. The lowest BCUT2D eigenvalue weighted by Gasteiger charge is -2.29. The SMILES string of the molecule is S=C(NCc1ccccc1Cl)Nc1nc(N2CCOCC2)cc(N2Cc3ccccc3C2)n1. The Morgan fingerprint density at radius 2 is 1.58 bits per heavy atom. The van der Waals surface area contributed by atoms with Gasteiger partial charge in [-0.2, -0.15) is 9.97 Å². The molecule has 2 aliphatic heterocycles. The first kappa shape index (κ1) is 21.9. The van der Waals surface area contributed by atoms with Crippen molar-refractivity contribution in [3.8, 4) is 0 Å². The zero-order valence-electron chi connectivity index (χ0n) is 18.1. The fourth-order valence-electron chi connectivity index (χ4n) is 4.05. The molecule has 0 atom stereocenters. The Balaban J connectivity index is 1.35. The van der Waals surface area contributed by atoms with Gasteiger partial charge in [0.25, 0.3) is 0 Å². The zero-order chi connectivity index (χ0) is 22.6. The topological polar surface area (TPSA) is 65.6 Å². The molecule has 0 amide bonds. The van der Waals surface area contributed by atoms with Gasteiger partial charge in [-0.1, -0.05) is 54.1 Å². The number of anilines is 3. The highest BCUT2D eigenvalue weighted by Gasteiger charge is 2.23. The summed E-state index contributed by atoms with van der Waals surface area (Å²) >= 11 is 11.8. The molecule has 3 heterocycles. The molecule has 2 aliphatic rings. The summed E-state index contributed by atoms with van der Waals surface area (Å²) in [6, 6.07) is 18.3. The second kappa shape index (κ2) is 9.91. The van der Waals surface area contributed by atoms with Crippen LogP contribution in [-0.4, -0.2) is 41.4 Å². The summed E-state index contributed by atoms with van der Waals surface area (Å²) in [6.07, 6.45) is 0. The van der Waals surface area contributed by atoms with Crippen molar-refractivity contribution < 1.29 is 4.74 Å². The van der Waals surface area contributed by atoms with Gasteiger partial charge in [0.1, 0.15) is 11.6 Å². The molecule has 5 rings (SSSR count). The molecule has 3 aromatic rings. The van der Waals surface area contributed by atoms with E-state index in [4.69, 9.17) is 38.5 Å². The summed E-state index contributed by atoms with van der Waals surface area (Å²) in [5.41, 5.74) is 3.63. The van der Waals surface area contributed by atoms with Gasteiger partial charge >= 0.3 is 0 Å². The highest BCUT2D eigenvalue weighted by molar-refractivity contribution is 7.80. The van der Waals surface area contributed by atoms with Crippen molar-refractivity contribution in [1.29, 1.82) is 0 Å². The largest absolute Gasteiger partial charge is 0.378 e. The molecular formula is C24H25ClN6OS. The Hall–Kier alpha value is -2.94. The maximum absolute atomic E-state index is 6.26. The summed E-state index contributed by atoms with van der Waals surface area (Å²) in [5, 5.41) is 7.52. The maximum atomic E-state index is 6.26. The van der Waals surface area contributed by atoms with Gasteiger partial charge in [0.2, 0.25) is 5.95 Å². The lowest BCUT2D eigenvalue weighted by molar-refractivity contribution is 0.122. The molecule has 1 aromatic heterocycles. The summed E-state index contributed by atoms with van der Waals surface area (Å²) in [5.74, 6) is 2.22. The maximum Gasteiger partial charge on any atom is 0.232 e. The number of thiocarbonyl (C=S) groups is 1. The van der Waals surface area contributed by atoms with E-state index < -0.39 is 0 Å². The Labute approximate surface area is 203 Å². The van der Waals surface area contributed by atoms with Gasteiger partial charge in [0.05, 0.1) is 13.2 Å². The normalized spacial score (nSPS) is 15.3. The van der Waals surface area contributed by atoms with Crippen LogP contribution in [0.1, 0.15) is 16.7 Å². The van der Waals surface area contributed by atoms with Gasteiger partial charge in [0, 0.05) is 43.8 Å². The van der Waals surface area contributed by atoms with Crippen LogP contribution in [0.3, 0.4) is 0 Å². The Bertz CT molecular complexity index is 1130. The zero-order valence-corrected chi connectivity index (χ0v) is 19.7. The van der Waals surface area contributed by atoms with Gasteiger partial charge in [-0.3, -0.25) is 0 Å². The number of aromatic nitrogens is 2. The minimum atomic E-state index is 0.449. The third kappa shape index (κ3) is 5.19. The number of nitrogens with zero attached hydrogens (tertiary/aromatic N) is 4. The van der Waals surface area contributed by atoms with E-state index in [1.807, 2.05) is 24.3 Å². The van der Waals surface area contributed by atoms with Gasteiger partial charge in [-0.15, -0.1) is 0 Å². The minimum absolute atomic E-state index is 0.449. The number of rotatable bonds is 5. The molecule has 2 aromatic carbocycles. The lowest BCUT2D eigenvalue weighted by atomic mass is 10.1. The smallest absolute Gasteiger partial charge is 0.232 e. The van der Waals surface area contributed by atoms with Gasteiger partial charge in [-0.25, -0.2) is 0 Å². The number of halogens is 1. The van der Waals surface area contributed by atoms with E-state index in [0.29, 0.717) is 35.8 Å². The number of fused-ring (bicyclic) bond motifs is 1. The number of benzene rings is 2.